The third-order valence-corrected chi connectivity index (χ3v) is 6.37. The number of nitrogens with two attached hydrogens (primary N) is 1. The Morgan fingerprint density at radius 2 is 1.94 bits per heavy atom. The number of aromatic amines is 1. The van der Waals surface area contributed by atoms with Gasteiger partial charge in [-0.25, -0.2) is 4.98 Å². The average molecular weight is 431 g/mol. The topological polar surface area (TPSA) is 103 Å². The zero-order valence-electron chi connectivity index (χ0n) is 17.8. The number of hydrogen-bond donors (Lipinski definition) is 3. The molecule has 0 atom stereocenters. The molecule has 0 amide bonds. The Balaban J connectivity index is 1.31. The highest BCUT2D eigenvalue weighted by Crippen LogP contribution is 2.35. The molecule has 0 aliphatic carbocycles. The molecule has 0 spiro atoms. The van der Waals surface area contributed by atoms with Gasteiger partial charge in [-0.05, 0) is 49.7 Å². The van der Waals surface area contributed by atoms with Gasteiger partial charge in [-0.1, -0.05) is 6.07 Å². The van der Waals surface area contributed by atoms with E-state index in [1.165, 1.54) is 0 Å². The van der Waals surface area contributed by atoms with Crippen LogP contribution in [0.25, 0.3) is 33.3 Å². The molecule has 5 heterocycles. The highest BCUT2D eigenvalue weighted by atomic mass is 16.6. The number of nitrogen functional groups attached to an aromatic ring is 1. The first-order valence-electron chi connectivity index (χ1n) is 11.1. The van der Waals surface area contributed by atoms with Gasteiger partial charge in [-0.3, -0.25) is 4.68 Å². The van der Waals surface area contributed by atoms with Crippen LogP contribution in [-0.4, -0.2) is 52.2 Å². The summed E-state index contributed by atoms with van der Waals surface area (Å²) in [6, 6.07) is 8.56. The van der Waals surface area contributed by atoms with Gasteiger partial charge in [-0.15, -0.1) is 0 Å². The highest BCUT2D eigenvalue weighted by molar-refractivity contribution is 5.96. The van der Waals surface area contributed by atoms with Crippen LogP contribution in [0.15, 0.2) is 49.1 Å². The molecule has 0 radical (unpaired) electrons. The molecule has 4 aromatic rings. The molecule has 6 rings (SSSR count). The molecule has 32 heavy (non-hydrogen) atoms. The number of fused-ring (bicyclic) bond motifs is 1. The first kappa shape index (κ1) is 19.3. The second-order valence-corrected chi connectivity index (χ2v) is 8.54. The first-order chi connectivity index (χ1) is 15.7. The zero-order chi connectivity index (χ0) is 21.5. The number of anilines is 1. The summed E-state index contributed by atoms with van der Waals surface area (Å²) in [6.07, 6.45) is 10.3. The van der Waals surface area contributed by atoms with Gasteiger partial charge < -0.3 is 25.5 Å². The summed E-state index contributed by atoms with van der Waals surface area (Å²) in [6.45, 7) is 3.32. The summed E-state index contributed by atoms with van der Waals surface area (Å²) in [5, 5.41) is 9.10. The lowest BCUT2D eigenvalue weighted by molar-refractivity contribution is -0.0793. The summed E-state index contributed by atoms with van der Waals surface area (Å²) in [5.74, 6) is 0.700. The molecule has 1 aromatic carbocycles. The van der Waals surface area contributed by atoms with Gasteiger partial charge in [-0.2, -0.15) is 5.10 Å². The van der Waals surface area contributed by atoms with E-state index in [1.54, 1.807) is 0 Å². The first-order valence-corrected chi connectivity index (χ1v) is 11.1. The van der Waals surface area contributed by atoms with Gasteiger partial charge in [0.1, 0.15) is 17.5 Å². The van der Waals surface area contributed by atoms with Crippen molar-refractivity contribution in [1.29, 1.82) is 0 Å². The van der Waals surface area contributed by atoms with Crippen molar-refractivity contribution in [2.75, 3.05) is 32.0 Å². The second-order valence-electron chi connectivity index (χ2n) is 8.54. The molecule has 2 aliphatic rings. The minimum Gasteiger partial charge on any atom is -0.483 e. The fourth-order valence-electron chi connectivity index (χ4n) is 4.44. The summed E-state index contributed by atoms with van der Waals surface area (Å²) >= 11 is 0. The number of H-pyrrole nitrogens is 1. The molecular formula is C24H26N6O2. The maximum Gasteiger partial charge on any atom is 0.145 e. The van der Waals surface area contributed by atoms with Crippen molar-refractivity contribution in [2.45, 2.75) is 25.0 Å². The summed E-state index contributed by atoms with van der Waals surface area (Å²) in [7, 11) is 0. The van der Waals surface area contributed by atoms with E-state index in [1.807, 2.05) is 36.8 Å². The van der Waals surface area contributed by atoms with Crippen LogP contribution in [0.1, 0.15) is 18.9 Å². The molecular weight excluding hydrogens is 404 g/mol. The van der Waals surface area contributed by atoms with Crippen molar-refractivity contribution in [1.82, 2.24) is 25.1 Å². The van der Waals surface area contributed by atoms with Crippen LogP contribution in [-0.2, 0) is 4.74 Å². The maximum atomic E-state index is 6.29. The Labute approximate surface area is 185 Å². The van der Waals surface area contributed by atoms with Crippen molar-refractivity contribution < 1.29 is 9.47 Å². The number of ether oxygens (including phenoxy) is 2. The molecule has 8 nitrogen and oxygen atoms in total. The maximum absolute atomic E-state index is 6.29. The van der Waals surface area contributed by atoms with Gasteiger partial charge in [0, 0.05) is 40.7 Å². The lowest BCUT2D eigenvalue weighted by Crippen LogP contribution is -2.38. The molecule has 164 valence electrons. The van der Waals surface area contributed by atoms with Crippen LogP contribution in [0, 0.1) is 0 Å². The number of nitrogens with one attached hydrogen (secondary N) is 2. The standard InChI is InChI=1S/C24H26N6O2/c25-22-8-15(1-2-23(22)32-19-13-31-14-19)21-11-28-24-20(21)7-16(9-27-24)17-10-29-30(12-17)18-3-5-26-6-4-18/h1-2,7-12,18-19,26H,3-6,13-14,25H2,(H,27,28). The van der Waals surface area contributed by atoms with Crippen LogP contribution >= 0.6 is 0 Å². The van der Waals surface area contributed by atoms with Crippen LogP contribution < -0.4 is 15.8 Å². The number of nitrogens with zero attached hydrogens (tertiary/aromatic N) is 3. The lowest BCUT2D eigenvalue weighted by atomic mass is 10.0. The molecule has 8 heteroatoms. The summed E-state index contributed by atoms with van der Waals surface area (Å²) in [5.41, 5.74) is 12.0. The van der Waals surface area contributed by atoms with Crippen LogP contribution in [0.4, 0.5) is 5.69 Å². The van der Waals surface area contributed by atoms with Crippen molar-refractivity contribution in [2.24, 2.45) is 0 Å². The monoisotopic (exact) mass is 430 g/mol. The molecule has 3 aromatic heterocycles. The zero-order valence-corrected chi connectivity index (χ0v) is 17.8. The second kappa shape index (κ2) is 7.96. The minimum absolute atomic E-state index is 0.0915. The van der Waals surface area contributed by atoms with E-state index in [-0.39, 0.29) is 6.10 Å². The van der Waals surface area contributed by atoms with Gasteiger partial charge >= 0.3 is 0 Å². The SMILES string of the molecule is Nc1cc(-c2c[nH]c3ncc(-c4cnn(C5CCNCC5)c4)cc23)ccc1OC1COC1. The van der Waals surface area contributed by atoms with Gasteiger partial charge in [0.25, 0.3) is 0 Å². The van der Waals surface area contributed by atoms with Crippen molar-refractivity contribution in [3.63, 3.8) is 0 Å². The summed E-state index contributed by atoms with van der Waals surface area (Å²) < 4.78 is 13.2. The van der Waals surface area contributed by atoms with Gasteiger partial charge in [0.15, 0.2) is 0 Å². The molecule has 0 unspecified atom stereocenters. The predicted octanol–water partition coefficient (Wildman–Crippen LogP) is 3.38. The Hall–Kier alpha value is -3.36. The van der Waals surface area contributed by atoms with E-state index in [4.69, 9.17) is 15.2 Å². The number of benzene rings is 1. The smallest absolute Gasteiger partial charge is 0.145 e. The normalized spacial score (nSPS) is 17.5. The van der Waals surface area contributed by atoms with Crippen LogP contribution in [0.2, 0.25) is 0 Å². The van der Waals surface area contributed by atoms with Crippen molar-refractivity contribution >= 4 is 16.7 Å². The van der Waals surface area contributed by atoms with E-state index < -0.39 is 0 Å². The third kappa shape index (κ3) is 3.51. The molecule has 2 aliphatic heterocycles. The number of rotatable bonds is 5. The average Bonchev–Trinajstić information content (AvgIpc) is 3.45. The number of hydrogen-bond acceptors (Lipinski definition) is 6. The Morgan fingerprint density at radius 1 is 1.06 bits per heavy atom. The van der Waals surface area contributed by atoms with E-state index in [9.17, 15) is 0 Å². The molecule has 2 saturated heterocycles. The van der Waals surface area contributed by atoms with E-state index in [2.05, 4.69) is 37.3 Å². The van der Waals surface area contributed by atoms with E-state index >= 15 is 0 Å². The van der Waals surface area contributed by atoms with Crippen molar-refractivity contribution in [3.05, 3.63) is 49.1 Å². The Bertz CT molecular complexity index is 1250. The number of pyridine rings is 1. The number of piperidine rings is 1. The number of aromatic nitrogens is 4. The Kier molecular flexibility index (Phi) is 4.81. The molecule has 2 fully saturated rings. The van der Waals surface area contributed by atoms with E-state index in [0.29, 0.717) is 30.7 Å². The lowest BCUT2D eigenvalue weighted by Gasteiger charge is -2.27. The largest absolute Gasteiger partial charge is 0.483 e. The minimum atomic E-state index is 0.0915. The van der Waals surface area contributed by atoms with Crippen molar-refractivity contribution in [3.8, 4) is 28.0 Å². The third-order valence-electron chi connectivity index (χ3n) is 6.37. The molecule has 4 N–H and O–H groups in total. The quantitative estimate of drug-likeness (QED) is 0.420. The van der Waals surface area contributed by atoms with Gasteiger partial charge in [0.2, 0.25) is 0 Å². The Morgan fingerprint density at radius 3 is 2.72 bits per heavy atom. The fourth-order valence-corrected chi connectivity index (χ4v) is 4.44. The van der Waals surface area contributed by atoms with Crippen LogP contribution in [0.3, 0.4) is 0 Å². The molecule has 0 saturated carbocycles. The highest BCUT2D eigenvalue weighted by Gasteiger charge is 2.21. The van der Waals surface area contributed by atoms with E-state index in [0.717, 1.165) is 59.2 Å². The fraction of sp³-hybridized carbons (Fsp3) is 0.333. The van der Waals surface area contributed by atoms with Crippen LogP contribution in [0.5, 0.6) is 5.75 Å². The predicted molar refractivity (Wildman–Crippen MR) is 124 cm³/mol. The summed E-state index contributed by atoms with van der Waals surface area (Å²) in [4.78, 5) is 7.93. The molecule has 0 bridgehead atoms. The van der Waals surface area contributed by atoms with Gasteiger partial charge in [0.05, 0.1) is 31.1 Å².